The average molecular weight is 320 g/mol. The summed E-state index contributed by atoms with van der Waals surface area (Å²) in [4.78, 5) is 3.74. The summed E-state index contributed by atoms with van der Waals surface area (Å²) in [6.07, 6.45) is -4.59. The first-order valence-corrected chi connectivity index (χ1v) is 6.53. The summed E-state index contributed by atoms with van der Waals surface area (Å²) in [5.41, 5.74) is 4.77. The van der Waals surface area contributed by atoms with Crippen LogP contribution in [0.4, 0.5) is 22.0 Å². The SMILES string of the molecule is NCc1ccc(C(F)(F)F)nc1Sc1ccc(F)c(F)c1. The maximum Gasteiger partial charge on any atom is 0.433 e. The first kappa shape index (κ1) is 15.7. The highest BCUT2D eigenvalue weighted by Gasteiger charge is 2.33. The van der Waals surface area contributed by atoms with Crippen molar-refractivity contribution in [3.05, 3.63) is 53.2 Å². The lowest BCUT2D eigenvalue weighted by atomic mass is 10.2. The Morgan fingerprint density at radius 1 is 1.05 bits per heavy atom. The van der Waals surface area contributed by atoms with Gasteiger partial charge in [-0.15, -0.1) is 0 Å². The highest BCUT2D eigenvalue weighted by molar-refractivity contribution is 7.99. The largest absolute Gasteiger partial charge is 0.433 e. The second-order valence-electron chi connectivity index (χ2n) is 4.04. The van der Waals surface area contributed by atoms with Gasteiger partial charge in [0.1, 0.15) is 10.7 Å². The van der Waals surface area contributed by atoms with Crippen molar-refractivity contribution in [3.8, 4) is 0 Å². The van der Waals surface area contributed by atoms with E-state index >= 15 is 0 Å². The lowest BCUT2D eigenvalue weighted by Gasteiger charge is -2.11. The number of nitrogens with two attached hydrogens (primary N) is 1. The van der Waals surface area contributed by atoms with E-state index in [9.17, 15) is 22.0 Å². The van der Waals surface area contributed by atoms with Gasteiger partial charge in [-0.3, -0.25) is 0 Å². The summed E-state index contributed by atoms with van der Waals surface area (Å²) in [6.45, 7) is -0.0167. The van der Waals surface area contributed by atoms with Crippen molar-refractivity contribution in [2.45, 2.75) is 22.6 Å². The Morgan fingerprint density at radius 3 is 2.33 bits per heavy atom. The minimum Gasteiger partial charge on any atom is -0.326 e. The summed E-state index contributed by atoms with van der Waals surface area (Å²) in [6, 6.07) is 5.09. The average Bonchev–Trinajstić information content (AvgIpc) is 2.42. The van der Waals surface area contributed by atoms with Crippen LogP contribution in [0.3, 0.4) is 0 Å². The third kappa shape index (κ3) is 3.70. The van der Waals surface area contributed by atoms with Crippen LogP contribution in [0.2, 0.25) is 0 Å². The van der Waals surface area contributed by atoms with Gasteiger partial charge < -0.3 is 5.73 Å². The molecule has 0 unspecified atom stereocenters. The van der Waals surface area contributed by atoms with Crippen molar-refractivity contribution in [2.24, 2.45) is 5.73 Å². The molecule has 1 heterocycles. The smallest absolute Gasteiger partial charge is 0.326 e. The first-order chi connectivity index (χ1) is 9.81. The van der Waals surface area contributed by atoms with Gasteiger partial charge in [0, 0.05) is 11.4 Å². The van der Waals surface area contributed by atoms with Crippen LogP contribution in [0.5, 0.6) is 0 Å². The van der Waals surface area contributed by atoms with Crippen LogP contribution in [-0.2, 0) is 12.7 Å². The highest BCUT2D eigenvalue weighted by atomic mass is 32.2. The summed E-state index contributed by atoms with van der Waals surface area (Å²) in [7, 11) is 0. The number of aromatic nitrogens is 1. The van der Waals surface area contributed by atoms with E-state index in [4.69, 9.17) is 5.73 Å². The third-order valence-corrected chi connectivity index (χ3v) is 3.59. The second-order valence-corrected chi connectivity index (χ2v) is 5.10. The van der Waals surface area contributed by atoms with Gasteiger partial charge in [-0.05, 0) is 29.8 Å². The van der Waals surface area contributed by atoms with Crippen molar-refractivity contribution < 1.29 is 22.0 Å². The molecule has 0 spiro atoms. The fourth-order valence-corrected chi connectivity index (χ4v) is 2.47. The molecule has 8 heteroatoms. The molecule has 0 atom stereocenters. The molecule has 0 aliphatic rings. The lowest BCUT2D eigenvalue weighted by molar-refractivity contribution is -0.141. The summed E-state index contributed by atoms with van der Waals surface area (Å²) >= 11 is 0.794. The minimum atomic E-state index is -4.59. The van der Waals surface area contributed by atoms with Gasteiger partial charge in [-0.25, -0.2) is 13.8 Å². The molecular formula is C13H9F5N2S. The predicted octanol–water partition coefficient (Wildman–Crippen LogP) is 3.99. The molecule has 2 N–H and O–H groups in total. The molecule has 0 amide bonds. The number of hydrogen-bond acceptors (Lipinski definition) is 3. The van der Waals surface area contributed by atoms with Crippen LogP contribution in [0.25, 0.3) is 0 Å². The Hall–Kier alpha value is -1.67. The van der Waals surface area contributed by atoms with E-state index in [0.29, 0.717) is 5.56 Å². The zero-order chi connectivity index (χ0) is 15.6. The van der Waals surface area contributed by atoms with Gasteiger partial charge in [-0.1, -0.05) is 17.8 Å². The minimum absolute atomic E-state index is 0.0123. The van der Waals surface area contributed by atoms with Gasteiger partial charge in [0.2, 0.25) is 0 Å². The molecule has 112 valence electrons. The van der Waals surface area contributed by atoms with E-state index in [2.05, 4.69) is 4.98 Å². The molecule has 0 saturated heterocycles. The number of halogens is 5. The molecule has 21 heavy (non-hydrogen) atoms. The molecule has 2 aromatic rings. The van der Waals surface area contributed by atoms with E-state index in [1.54, 1.807) is 0 Å². The number of pyridine rings is 1. The number of hydrogen-bond donors (Lipinski definition) is 1. The Balaban J connectivity index is 2.39. The van der Waals surface area contributed by atoms with E-state index in [1.165, 1.54) is 12.1 Å². The topological polar surface area (TPSA) is 38.9 Å². The molecule has 2 rings (SSSR count). The molecule has 0 fully saturated rings. The Kier molecular flexibility index (Phi) is 4.48. The fraction of sp³-hybridized carbons (Fsp3) is 0.154. The van der Waals surface area contributed by atoms with Crippen molar-refractivity contribution in [1.82, 2.24) is 4.98 Å². The van der Waals surface area contributed by atoms with Gasteiger partial charge in [0.15, 0.2) is 11.6 Å². The van der Waals surface area contributed by atoms with Gasteiger partial charge in [0.05, 0.1) is 0 Å². The van der Waals surface area contributed by atoms with E-state index in [-0.39, 0.29) is 16.5 Å². The molecule has 0 saturated carbocycles. The van der Waals surface area contributed by atoms with Crippen molar-refractivity contribution in [3.63, 3.8) is 0 Å². The van der Waals surface area contributed by atoms with Crippen LogP contribution in [0.15, 0.2) is 40.3 Å². The van der Waals surface area contributed by atoms with Gasteiger partial charge >= 0.3 is 6.18 Å². The molecule has 0 bridgehead atoms. The van der Waals surface area contributed by atoms with Crippen molar-refractivity contribution in [1.29, 1.82) is 0 Å². The quantitative estimate of drug-likeness (QED) is 0.869. The van der Waals surface area contributed by atoms with Crippen LogP contribution < -0.4 is 5.73 Å². The lowest BCUT2D eigenvalue weighted by Crippen LogP contribution is -2.10. The maximum atomic E-state index is 13.1. The maximum absolute atomic E-state index is 13.1. The molecule has 2 nitrogen and oxygen atoms in total. The normalized spacial score (nSPS) is 11.7. The summed E-state index contributed by atoms with van der Waals surface area (Å²) < 4.78 is 63.9. The monoisotopic (exact) mass is 320 g/mol. The predicted molar refractivity (Wildman–Crippen MR) is 67.6 cm³/mol. The molecule has 1 aromatic carbocycles. The van der Waals surface area contributed by atoms with E-state index < -0.39 is 23.5 Å². The van der Waals surface area contributed by atoms with Gasteiger partial charge in [0.25, 0.3) is 0 Å². The van der Waals surface area contributed by atoms with Crippen molar-refractivity contribution >= 4 is 11.8 Å². The molecule has 0 aliphatic carbocycles. The fourth-order valence-electron chi connectivity index (χ4n) is 1.52. The zero-order valence-corrected chi connectivity index (χ0v) is 11.2. The molecule has 0 radical (unpaired) electrons. The first-order valence-electron chi connectivity index (χ1n) is 5.71. The van der Waals surface area contributed by atoms with Gasteiger partial charge in [-0.2, -0.15) is 13.2 Å². The van der Waals surface area contributed by atoms with Crippen LogP contribution in [-0.4, -0.2) is 4.98 Å². The van der Waals surface area contributed by atoms with Crippen molar-refractivity contribution in [2.75, 3.05) is 0 Å². The van der Waals surface area contributed by atoms with Crippen LogP contribution >= 0.6 is 11.8 Å². The van der Waals surface area contributed by atoms with E-state index in [0.717, 1.165) is 30.0 Å². The zero-order valence-electron chi connectivity index (χ0n) is 10.4. The molecular weight excluding hydrogens is 311 g/mol. The highest BCUT2D eigenvalue weighted by Crippen LogP contribution is 2.34. The summed E-state index contributed by atoms with van der Waals surface area (Å²) in [5, 5.41) is 0.0123. The molecule has 1 aromatic heterocycles. The Labute approximate surface area is 121 Å². The number of nitrogens with zero attached hydrogens (tertiary/aromatic N) is 1. The Bertz CT molecular complexity index is 657. The standard InChI is InChI=1S/C13H9F5N2S/c14-9-3-2-8(5-10(9)15)21-12-7(6-19)1-4-11(20-12)13(16,17)18/h1-5H,6,19H2. The second kappa shape index (κ2) is 5.98. The van der Waals surface area contributed by atoms with Crippen LogP contribution in [0, 0.1) is 11.6 Å². The summed E-state index contributed by atoms with van der Waals surface area (Å²) in [5.74, 6) is -2.11. The number of alkyl halides is 3. The number of benzene rings is 1. The molecule has 0 aliphatic heterocycles. The van der Waals surface area contributed by atoms with Crippen LogP contribution in [0.1, 0.15) is 11.3 Å². The Morgan fingerprint density at radius 2 is 1.76 bits per heavy atom. The number of rotatable bonds is 3. The third-order valence-electron chi connectivity index (χ3n) is 2.56. The van der Waals surface area contributed by atoms with E-state index in [1.807, 2.05) is 0 Å².